The van der Waals surface area contributed by atoms with Gasteiger partial charge >= 0.3 is 23.9 Å². The zero-order valence-corrected chi connectivity index (χ0v) is 22.3. The maximum atomic E-state index is 13.2. The predicted molar refractivity (Wildman–Crippen MR) is 143 cm³/mol. The largest absolute Gasteiger partial charge is 0.463 e. The predicted octanol–water partition coefficient (Wildman–Crippen LogP) is 3.27. The monoisotopic (exact) mass is 571 g/mol. The Hall–Kier alpha value is -5.36. The van der Waals surface area contributed by atoms with Crippen LogP contribution in [0.15, 0.2) is 97.3 Å². The van der Waals surface area contributed by atoms with E-state index in [4.69, 9.17) is 18.9 Å². The number of carbonyl (C=O) groups excluding carboxylic acids is 4. The summed E-state index contributed by atoms with van der Waals surface area (Å²) in [7, 11) is 1.18. The number of hydrogen-bond acceptors (Lipinski definition) is 11. The molecule has 0 saturated carbocycles. The molecule has 0 aliphatic carbocycles. The topological polar surface area (TPSA) is 145 Å². The molecule has 5 rings (SSSR count). The van der Waals surface area contributed by atoms with E-state index >= 15 is 0 Å². The second-order valence-electron chi connectivity index (χ2n) is 9.04. The van der Waals surface area contributed by atoms with Crippen molar-refractivity contribution in [3.8, 4) is 0 Å². The van der Waals surface area contributed by atoms with Gasteiger partial charge < -0.3 is 23.7 Å². The number of benzene rings is 3. The molecular formula is C30H25N3O9. The summed E-state index contributed by atoms with van der Waals surface area (Å²) in [6.45, 7) is -0.366. The van der Waals surface area contributed by atoms with Crippen LogP contribution in [0.4, 0.5) is 0 Å². The average molecular weight is 572 g/mol. The molecule has 0 spiro atoms. The number of carbonyl (C=O) groups is 4. The maximum Gasteiger partial charge on any atom is 0.377 e. The van der Waals surface area contributed by atoms with Gasteiger partial charge in [-0.3, -0.25) is 0 Å². The van der Waals surface area contributed by atoms with Gasteiger partial charge in [-0.25, -0.2) is 28.8 Å². The van der Waals surface area contributed by atoms with Crippen LogP contribution in [0.2, 0.25) is 0 Å². The van der Waals surface area contributed by atoms with Gasteiger partial charge in [0.1, 0.15) is 19.0 Å². The molecule has 1 unspecified atom stereocenters. The molecule has 0 bridgehead atoms. The third-order valence-electron chi connectivity index (χ3n) is 6.32. The Morgan fingerprint density at radius 3 is 1.74 bits per heavy atom. The number of nitrogens with zero attached hydrogens (tertiary/aromatic N) is 3. The van der Waals surface area contributed by atoms with E-state index in [0.717, 1.165) is 4.68 Å². The third-order valence-corrected chi connectivity index (χ3v) is 6.32. The number of ether oxygens (including phenoxy) is 5. The number of rotatable bonds is 9. The molecule has 0 amide bonds. The summed E-state index contributed by atoms with van der Waals surface area (Å²) < 4.78 is 29.1. The molecule has 4 atom stereocenters. The Morgan fingerprint density at radius 1 is 0.714 bits per heavy atom. The van der Waals surface area contributed by atoms with E-state index in [1.165, 1.54) is 13.4 Å². The Bertz CT molecular complexity index is 1540. The Morgan fingerprint density at radius 2 is 1.21 bits per heavy atom. The molecule has 214 valence electrons. The van der Waals surface area contributed by atoms with Crippen LogP contribution in [0, 0.1) is 0 Å². The summed E-state index contributed by atoms with van der Waals surface area (Å²) >= 11 is 0. The van der Waals surface area contributed by atoms with E-state index < -0.39 is 48.4 Å². The van der Waals surface area contributed by atoms with Crippen molar-refractivity contribution < 1.29 is 42.9 Å². The van der Waals surface area contributed by atoms with E-state index in [-0.39, 0.29) is 23.6 Å². The van der Waals surface area contributed by atoms with E-state index in [1.807, 2.05) is 0 Å². The van der Waals surface area contributed by atoms with Crippen LogP contribution in [-0.4, -0.2) is 70.7 Å². The maximum absolute atomic E-state index is 13.2. The molecule has 42 heavy (non-hydrogen) atoms. The molecular weight excluding hydrogens is 546 g/mol. The third kappa shape index (κ3) is 6.34. The average Bonchev–Trinajstić information content (AvgIpc) is 3.66. The first kappa shape index (κ1) is 28.2. The second-order valence-corrected chi connectivity index (χ2v) is 9.04. The molecule has 1 aromatic heterocycles. The van der Waals surface area contributed by atoms with Gasteiger partial charge in [0.15, 0.2) is 18.4 Å². The van der Waals surface area contributed by atoms with Crippen LogP contribution in [0.3, 0.4) is 0 Å². The molecule has 12 nitrogen and oxygen atoms in total. The van der Waals surface area contributed by atoms with E-state index in [2.05, 4.69) is 14.8 Å². The van der Waals surface area contributed by atoms with Crippen molar-refractivity contribution in [3.05, 3.63) is 120 Å². The molecule has 0 radical (unpaired) electrons. The van der Waals surface area contributed by atoms with Crippen LogP contribution in [-0.2, 0) is 23.7 Å². The Kier molecular flexibility index (Phi) is 8.64. The standard InChI is InChI=1S/C30H25N3O9/c1-38-30(37)25-31-18-33(32-25)26-24(42-29(36)21-15-9-4-10-16-21)23(41-28(35)20-13-7-3-8-14-20)22(40-26)17-39-27(34)19-11-5-2-6-12-19/h2-16,18,22-24,26H,17H2,1H3/t22-,23-,24?,26-/m1/s1. The summed E-state index contributed by atoms with van der Waals surface area (Å²) in [5.41, 5.74) is 0.774. The minimum atomic E-state index is -1.29. The first-order valence-corrected chi connectivity index (χ1v) is 12.8. The molecule has 1 fully saturated rings. The molecule has 1 aliphatic heterocycles. The second kappa shape index (κ2) is 12.9. The van der Waals surface area contributed by atoms with Crippen molar-refractivity contribution in [2.24, 2.45) is 0 Å². The van der Waals surface area contributed by atoms with Gasteiger partial charge in [-0.2, -0.15) is 0 Å². The van der Waals surface area contributed by atoms with Gasteiger partial charge in [-0.1, -0.05) is 54.6 Å². The van der Waals surface area contributed by atoms with Crippen LogP contribution in [0.25, 0.3) is 0 Å². The van der Waals surface area contributed by atoms with Gasteiger partial charge in [0, 0.05) is 0 Å². The van der Waals surface area contributed by atoms with E-state index in [0.29, 0.717) is 5.56 Å². The van der Waals surface area contributed by atoms with Gasteiger partial charge in [0.25, 0.3) is 5.82 Å². The smallest absolute Gasteiger partial charge is 0.377 e. The molecule has 4 aromatic rings. The van der Waals surface area contributed by atoms with Gasteiger partial charge in [0.05, 0.1) is 23.8 Å². The Balaban J connectivity index is 1.47. The van der Waals surface area contributed by atoms with Crippen molar-refractivity contribution in [1.29, 1.82) is 0 Å². The highest BCUT2D eigenvalue weighted by atomic mass is 16.7. The van der Waals surface area contributed by atoms with E-state index in [9.17, 15) is 19.2 Å². The first-order valence-electron chi connectivity index (χ1n) is 12.8. The van der Waals surface area contributed by atoms with Crippen LogP contribution < -0.4 is 0 Å². The summed E-state index contributed by atoms with van der Waals surface area (Å²) in [5, 5.41) is 4.11. The number of hydrogen-bond donors (Lipinski definition) is 0. The van der Waals surface area contributed by atoms with Crippen molar-refractivity contribution in [3.63, 3.8) is 0 Å². The summed E-state index contributed by atoms with van der Waals surface area (Å²) in [6.07, 6.45) is -3.69. The number of aromatic nitrogens is 3. The lowest BCUT2D eigenvalue weighted by Gasteiger charge is -2.24. The van der Waals surface area contributed by atoms with Gasteiger partial charge in [-0.05, 0) is 36.4 Å². The summed E-state index contributed by atoms with van der Waals surface area (Å²) in [6, 6.07) is 24.7. The highest BCUT2D eigenvalue weighted by molar-refractivity contribution is 5.91. The Labute approximate surface area is 239 Å². The van der Waals surface area contributed by atoms with Crippen LogP contribution >= 0.6 is 0 Å². The zero-order chi connectivity index (χ0) is 29.5. The van der Waals surface area contributed by atoms with E-state index in [1.54, 1.807) is 91.0 Å². The van der Waals surface area contributed by atoms with Gasteiger partial charge in [0.2, 0.25) is 0 Å². The molecule has 12 heteroatoms. The van der Waals surface area contributed by atoms with Crippen LogP contribution in [0.1, 0.15) is 47.9 Å². The minimum Gasteiger partial charge on any atom is -0.463 e. The lowest BCUT2D eigenvalue weighted by molar-refractivity contribution is -0.0674. The van der Waals surface area contributed by atoms with Crippen LogP contribution in [0.5, 0.6) is 0 Å². The fourth-order valence-electron chi connectivity index (χ4n) is 4.25. The first-order chi connectivity index (χ1) is 20.4. The van der Waals surface area contributed by atoms with Crippen molar-refractivity contribution in [2.45, 2.75) is 24.5 Å². The van der Waals surface area contributed by atoms with Crippen molar-refractivity contribution in [2.75, 3.05) is 13.7 Å². The molecule has 2 heterocycles. The highest BCUT2D eigenvalue weighted by Gasteiger charge is 2.52. The van der Waals surface area contributed by atoms with Crippen molar-refractivity contribution >= 4 is 23.9 Å². The lowest BCUT2D eigenvalue weighted by atomic mass is 10.1. The summed E-state index contributed by atoms with van der Waals surface area (Å²) in [4.78, 5) is 55.0. The summed E-state index contributed by atoms with van der Waals surface area (Å²) in [5.74, 6) is -3.16. The van der Waals surface area contributed by atoms with Crippen molar-refractivity contribution in [1.82, 2.24) is 14.8 Å². The minimum absolute atomic E-state index is 0.234. The normalized spacial score (nSPS) is 19.5. The molecule has 0 N–H and O–H groups in total. The quantitative estimate of drug-likeness (QED) is 0.216. The SMILES string of the molecule is COC(=O)c1ncn([C@@H]2O[C@H](COC(=O)c3ccccc3)[C@@H](OC(=O)c3ccccc3)C2OC(=O)c2ccccc2)n1. The molecule has 3 aromatic carbocycles. The van der Waals surface area contributed by atoms with Gasteiger partial charge in [-0.15, -0.1) is 5.10 Å². The zero-order valence-electron chi connectivity index (χ0n) is 22.3. The fourth-order valence-corrected chi connectivity index (χ4v) is 4.25. The lowest BCUT2D eigenvalue weighted by Crippen LogP contribution is -2.41. The molecule has 1 aliphatic rings. The number of esters is 4. The molecule has 1 saturated heterocycles. The number of methoxy groups -OCH3 is 1. The highest BCUT2D eigenvalue weighted by Crippen LogP contribution is 2.35. The fraction of sp³-hybridized carbons (Fsp3) is 0.200.